The molecule has 94 valence electrons. The van der Waals surface area contributed by atoms with E-state index in [1.165, 1.54) is 11.3 Å². The minimum absolute atomic E-state index is 0.105. The van der Waals surface area contributed by atoms with E-state index in [1.54, 1.807) is 0 Å². The van der Waals surface area contributed by atoms with Gasteiger partial charge in [-0.05, 0) is 32.9 Å². The Balaban J connectivity index is 2.13. The number of hydrogen-bond donors (Lipinski definition) is 1. The van der Waals surface area contributed by atoms with Gasteiger partial charge in [0.1, 0.15) is 4.88 Å². The van der Waals surface area contributed by atoms with Crippen LogP contribution in [0.15, 0.2) is 46.3 Å². The molecule has 0 fully saturated rings. The van der Waals surface area contributed by atoms with E-state index >= 15 is 0 Å². The molecule has 1 atom stereocenters. The van der Waals surface area contributed by atoms with E-state index in [-0.39, 0.29) is 11.9 Å². The van der Waals surface area contributed by atoms with E-state index in [9.17, 15) is 4.79 Å². The molecule has 0 aliphatic heterocycles. The van der Waals surface area contributed by atoms with Crippen LogP contribution in [0.2, 0.25) is 0 Å². The number of alkyl halides is 1. The summed E-state index contributed by atoms with van der Waals surface area (Å²) in [7, 11) is 0. The lowest BCUT2D eigenvalue weighted by Crippen LogP contribution is -2.29. The number of carbonyl (C=O) groups is 1. The highest BCUT2D eigenvalue weighted by atomic mass is 79.9. The smallest absolute Gasteiger partial charge is 0.263 e. The quantitative estimate of drug-likeness (QED) is 0.827. The first-order valence-corrected chi connectivity index (χ1v) is 7.58. The molecule has 5 heteroatoms. The zero-order valence-corrected chi connectivity index (χ0v) is 12.6. The average Bonchev–Trinajstić information content (AvgIpc) is 2.83. The summed E-state index contributed by atoms with van der Waals surface area (Å²) in [5.41, 5.74) is 1.01. The molecular weight excluding hydrogens is 334 g/mol. The van der Waals surface area contributed by atoms with Crippen LogP contribution >= 0.6 is 38.9 Å². The Morgan fingerprint density at radius 1 is 1.33 bits per heavy atom. The molecule has 0 saturated heterocycles. The number of benzene rings is 1. The number of halogens is 2. The van der Waals surface area contributed by atoms with E-state index < -0.39 is 0 Å². The van der Waals surface area contributed by atoms with Gasteiger partial charge in [-0.1, -0.05) is 30.3 Å². The lowest BCUT2D eigenvalue weighted by molar-refractivity contribution is 0.0944. The van der Waals surface area contributed by atoms with Crippen molar-refractivity contribution in [2.75, 3.05) is 5.88 Å². The van der Waals surface area contributed by atoms with E-state index in [2.05, 4.69) is 21.2 Å². The Bertz CT molecular complexity index is 529. The third-order valence-electron chi connectivity index (χ3n) is 2.48. The predicted octanol–water partition coefficient (Wildman–Crippen LogP) is 4.22. The van der Waals surface area contributed by atoms with Crippen molar-refractivity contribution < 1.29 is 4.79 Å². The number of carbonyl (C=O) groups excluding carboxylic acids is 1. The van der Waals surface area contributed by atoms with E-state index in [1.807, 2.05) is 41.8 Å². The first-order valence-electron chi connectivity index (χ1n) is 5.37. The van der Waals surface area contributed by atoms with Crippen LogP contribution in [-0.4, -0.2) is 11.8 Å². The number of thiophene rings is 1. The van der Waals surface area contributed by atoms with Gasteiger partial charge < -0.3 is 5.32 Å². The standard InChI is InChI=1S/C13H11BrClNOS/c14-10-6-7-18-12(10)13(17)16-11(8-15)9-4-2-1-3-5-9/h1-7,11H,8H2,(H,16,17). The van der Waals surface area contributed by atoms with Crippen molar-refractivity contribution >= 4 is 44.8 Å². The molecule has 2 nitrogen and oxygen atoms in total. The fraction of sp³-hybridized carbons (Fsp3) is 0.154. The van der Waals surface area contributed by atoms with Crippen LogP contribution in [0, 0.1) is 0 Å². The minimum atomic E-state index is -0.172. The molecule has 0 bridgehead atoms. The molecule has 1 aromatic carbocycles. The third-order valence-corrected chi connectivity index (χ3v) is 4.63. The van der Waals surface area contributed by atoms with Crippen molar-refractivity contribution in [3.8, 4) is 0 Å². The Labute approximate surface area is 123 Å². The highest BCUT2D eigenvalue weighted by molar-refractivity contribution is 9.10. The van der Waals surface area contributed by atoms with E-state index in [0.717, 1.165) is 10.0 Å². The van der Waals surface area contributed by atoms with Crippen LogP contribution < -0.4 is 5.32 Å². The van der Waals surface area contributed by atoms with Crippen LogP contribution in [0.5, 0.6) is 0 Å². The maximum Gasteiger partial charge on any atom is 0.263 e. The van der Waals surface area contributed by atoms with Gasteiger partial charge in [-0.2, -0.15) is 0 Å². The fourth-order valence-corrected chi connectivity index (χ4v) is 3.29. The number of amides is 1. The summed E-state index contributed by atoms with van der Waals surface area (Å²) in [6, 6.07) is 11.4. The van der Waals surface area contributed by atoms with Gasteiger partial charge in [0.05, 0.1) is 6.04 Å². The molecule has 0 spiro atoms. The summed E-state index contributed by atoms with van der Waals surface area (Å²) in [6.07, 6.45) is 0. The molecule has 1 heterocycles. The van der Waals surface area contributed by atoms with Crippen LogP contribution in [0.25, 0.3) is 0 Å². The van der Waals surface area contributed by atoms with E-state index in [4.69, 9.17) is 11.6 Å². The van der Waals surface area contributed by atoms with Gasteiger partial charge in [-0.3, -0.25) is 4.79 Å². The molecule has 2 aromatic rings. The summed E-state index contributed by atoms with van der Waals surface area (Å²) in [5.74, 6) is 0.241. The molecule has 18 heavy (non-hydrogen) atoms. The van der Waals surface area contributed by atoms with Crippen molar-refractivity contribution in [1.82, 2.24) is 5.32 Å². The van der Waals surface area contributed by atoms with Crippen LogP contribution in [0.4, 0.5) is 0 Å². The zero-order valence-electron chi connectivity index (χ0n) is 9.40. The zero-order chi connectivity index (χ0) is 13.0. The topological polar surface area (TPSA) is 29.1 Å². The predicted molar refractivity (Wildman–Crippen MR) is 79.4 cm³/mol. The van der Waals surface area contributed by atoms with Gasteiger partial charge in [-0.25, -0.2) is 0 Å². The van der Waals surface area contributed by atoms with Crippen LogP contribution in [0.3, 0.4) is 0 Å². The highest BCUT2D eigenvalue weighted by Gasteiger charge is 2.17. The first-order chi connectivity index (χ1) is 8.72. The molecule has 1 aromatic heterocycles. The van der Waals surface area contributed by atoms with Gasteiger partial charge in [0, 0.05) is 10.4 Å². The second kappa shape index (κ2) is 6.36. The summed E-state index contributed by atoms with van der Waals surface area (Å²) in [6.45, 7) is 0. The third kappa shape index (κ3) is 3.13. The Kier molecular flexibility index (Phi) is 4.80. The Morgan fingerprint density at radius 2 is 2.06 bits per heavy atom. The number of nitrogens with one attached hydrogen (secondary N) is 1. The molecule has 1 N–H and O–H groups in total. The maximum atomic E-state index is 12.1. The van der Waals surface area contributed by atoms with Crippen LogP contribution in [-0.2, 0) is 0 Å². The SMILES string of the molecule is O=C(NC(CCl)c1ccccc1)c1sccc1Br. The molecule has 0 radical (unpaired) electrons. The van der Waals surface area contributed by atoms with Gasteiger partial charge >= 0.3 is 0 Å². The minimum Gasteiger partial charge on any atom is -0.343 e. The van der Waals surface area contributed by atoms with E-state index in [0.29, 0.717) is 10.8 Å². The molecule has 1 amide bonds. The monoisotopic (exact) mass is 343 g/mol. The summed E-state index contributed by atoms with van der Waals surface area (Å²) in [4.78, 5) is 12.7. The first kappa shape index (κ1) is 13.6. The lowest BCUT2D eigenvalue weighted by atomic mass is 10.1. The summed E-state index contributed by atoms with van der Waals surface area (Å²) in [5, 5.41) is 4.81. The summed E-state index contributed by atoms with van der Waals surface area (Å²) >= 11 is 10.7. The van der Waals surface area contributed by atoms with Gasteiger partial charge in [0.25, 0.3) is 5.91 Å². The Hall–Kier alpha value is -0.840. The molecule has 0 aliphatic carbocycles. The lowest BCUT2D eigenvalue weighted by Gasteiger charge is -2.16. The average molecular weight is 345 g/mol. The van der Waals surface area contributed by atoms with Crippen LogP contribution in [0.1, 0.15) is 21.3 Å². The summed E-state index contributed by atoms with van der Waals surface area (Å²) < 4.78 is 0.811. The largest absolute Gasteiger partial charge is 0.343 e. The second-order valence-electron chi connectivity index (χ2n) is 3.69. The van der Waals surface area contributed by atoms with Gasteiger partial charge in [0.2, 0.25) is 0 Å². The maximum absolute atomic E-state index is 12.1. The molecule has 0 saturated carbocycles. The fourth-order valence-electron chi connectivity index (χ4n) is 1.58. The highest BCUT2D eigenvalue weighted by Crippen LogP contribution is 2.24. The van der Waals surface area contributed by atoms with Crippen molar-refractivity contribution in [2.45, 2.75) is 6.04 Å². The van der Waals surface area contributed by atoms with Crippen molar-refractivity contribution in [2.24, 2.45) is 0 Å². The molecular formula is C13H11BrClNOS. The van der Waals surface area contributed by atoms with Crippen molar-refractivity contribution in [3.05, 3.63) is 56.7 Å². The molecule has 1 unspecified atom stereocenters. The number of rotatable bonds is 4. The Morgan fingerprint density at radius 3 is 2.61 bits per heavy atom. The molecule has 2 rings (SSSR count). The van der Waals surface area contributed by atoms with Crippen molar-refractivity contribution in [3.63, 3.8) is 0 Å². The second-order valence-corrected chi connectivity index (χ2v) is 5.77. The van der Waals surface area contributed by atoms with Crippen molar-refractivity contribution in [1.29, 1.82) is 0 Å². The van der Waals surface area contributed by atoms with Gasteiger partial charge in [0.15, 0.2) is 0 Å². The number of hydrogen-bond acceptors (Lipinski definition) is 2. The van der Waals surface area contributed by atoms with Gasteiger partial charge in [-0.15, -0.1) is 22.9 Å². The molecule has 0 aliphatic rings. The normalized spacial score (nSPS) is 12.1.